The third-order valence-electron chi connectivity index (χ3n) is 2.70. The predicted octanol–water partition coefficient (Wildman–Crippen LogP) is 2.86. The summed E-state index contributed by atoms with van der Waals surface area (Å²) in [5.74, 6) is 0.817. The van der Waals surface area contributed by atoms with Gasteiger partial charge in [-0.25, -0.2) is 0 Å². The Kier molecular flexibility index (Phi) is 3.56. The van der Waals surface area contributed by atoms with Crippen molar-refractivity contribution in [2.45, 2.75) is 19.4 Å². The number of rotatable bonds is 5. The molecular formula is C11H13BrN2O2. The van der Waals surface area contributed by atoms with Gasteiger partial charge in [-0.15, -0.1) is 0 Å². The molecule has 1 fully saturated rings. The molecule has 1 saturated carbocycles. The third-order valence-corrected chi connectivity index (χ3v) is 3.62. The van der Waals surface area contributed by atoms with Gasteiger partial charge in [-0.3, -0.25) is 10.1 Å². The Morgan fingerprint density at radius 2 is 2.25 bits per heavy atom. The van der Waals surface area contributed by atoms with Crippen molar-refractivity contribution in [3.63, 3.8) is 0 Å². The van der Waals surface area contributed by atoms with E-state index in [2.05, 4.69) is 21.2 Å². The quantitative estimate of drug-likeness (QED) is 0.668. The van der Waals surface area contributed by atoms with E-state index >= 15 is 0 Å². The first-order chi connectivity index (χ1) is 7.68. The van der Waals surface area contributed by atoms with Gasteiger partial charge in [-0.1, -0.05) is 12.1 Å². The largest absolute Gasteiger partial charge is 0.312 e. The molecule has 0 spiro atoms. The van der Waals surface area contributed by atoms with Crippen LogP contribution in [0.4, 0.5) is 5.69 Å². The van der Waals surface area contributed by atoms with Crippen molar-refractivity contribution in [2.24, 2.45) is 5.92 Å². The molecule has 1 aliphatic rings. The number of benzene rings is 1. The molecule has 0 aromatic heterocycles. The summed E-state index contributed by atoms with van der Waals surface area (Å²) in [4.78, 5) is 10.4. The molecule has 0 atom stereocenters. The smallest absolute Gasteiger partial charge is 0.283 e. The minimum absolute atomic E-state index is 0.130. The predicted molar refractivity (Wildman–Crippen MR) is 65.2 cm³/mol. The number of hydrogen-bond donors (Lipinski definition) is 1. The highest BCUT2D eigenvalue weighted by Crippen LogP contribution is 2.29. The summed E-state index contributed by atoms with van der Waals surface area (Å²) in [6.07, 6.45) is 2.62. The maximum absolute atomic E-state index is 10.7. The molecule has 5 heteroatoms. The molecule has 0 bridgehead atoms. The van der Waals surface area contributed by atoms with Gasteiger partial charge >= 0.3 is 0 Å². The highest BCUT2D eigenvalue weighted by Gasteiger charge is 2.20. The zero-order chi connectivity index (χ0) is 11.5. The zero-order valence-electron chi connectivity index (χ0n) is 8.78. The van der Waals surface area contributed by atoms with Crippen LogP contribution >= 0.6 is 15.9 Å². The summed E-state index contributed by atoms with van der Waals surface area (Å²) >= 11 is 3.28. The Morgan fingerprint density at radius 3 is 2.88 bits per heavy atom. The molecule has 0 heterocycles. The van der Waals surface area contributed by atoms with Crippen LogP contribution in [0.1, 0.15) is 18.4 Å². The maximum atomic E-state index is 10.7. The summed E-state index contributed by atoms with van der Waals surface area (Å²) in [5, 5.41) is 14.0. The standard InChI is InChI=1S/C11H13BrN2O2/c12-11-9(7-13-6-8-4-5-8)2-1-3-10(11)14(15)16/h1-3,8,13H,4-7H2. The van der Waals surface area contributed by atoms with Crippen LogP contribution in [0.2, 0.25) is 0 Å². The lowest BCUT2D eigenvalue weighted by molar-refractivity contribution is -0.385. The van der Waals surface area contributed by atoms with E-state index in [9.17, 15) is 10.1 Å². The Morgan fingerprint density at radius 1 is 1.50 bits per heavy atom. The molecule has 0 radical (unpaired) electrons. The van der Waals surface area contributed by atoms with Gasteiger partial charge < -0.3 is 5.32 Å². The van der Waals surface area contributed by atoms with E-state index in [4.69, 9.17) is 0 Å². The van der Waals surface area contributed by atoms with Crippen molar-refractivity contribution in [1.82, 2.24) is 5.32 Å². The Labute approximate surface area is 102 Å². The van der Waals surface area contributed by atoms with Crippen LogP contribution in [0.3, 0.4) is 0 Å². The van der Waals surface area contributed by atoms with Crippen molar-refractivity contribution in [1.29, 1.82) is 0 Å². The topological polar surface area (TPSA) is 55.2 Å². The molecule has 1 aliphatic carbocycles. The highest BCUT2D eigenvalue weighted by atomic mass is 79.9. The van der Waals surface area contributed by atoms with Gasteiger partial charge in [0.25, 0.3) is 5.69 Å². The number of hydrogen-bond acceptors (Lipinski definition) is 3. The Hall–Kier alpha value is -0.940. The van der Waals surface area contributed by atoms with E-state index in [1.807, 2.05) is 6.07 Å². The second-order valence-electron chi connectivity index (χ2n) is 4.08. The molecule has 1 aromatic carbocycles. The summed E-state index contributed by atoms with van der Waals surface area (Å²) in [7, 11) is 0. The van der Waals surface area contributed by atoms with Crippen LogP contribution < -0.4 is 5.32 Å². The fourth-order valence-electron chi connectivity index (χ4n) is 1.58. The van der Waals surface area contributed by atoms with E-state index in [1.54, 1.807) is 6.07 Å². The number of nitro benzene ring substituents is 1. The summed E-state index contributed by atoms with van der Waals surface area (Å²) < 4.78 is 0.586. The molecule has 4 nitrogen and oxygen atoms in total. The van der Waals surface area contributed by atoms with E-state index in [0.29, 0.717) is 11.0 Å². The van der Waals surface area contributed by atoms with E-state index in [-0.39, 0.29) is 10.6 Å². The van der Waals surface area contributed by atoms with Gasteiger partial charge in [0.2, 0.25) is 0 Å². The second kappa shape index (κ2) is 4.93. The van der Waals surface area contributed by atoms with E-state index in [1.165, 1.54) is 18.9 Å². The second-order valence-corrected chi connectivity index (χ2v) is 4.87. The van der Waals surface area contributed by atoms with Crippen molar-refractivity contribution in [2.75, 3.05) is 6.54 Å². The summed E-state index contributed by atoms with van der Waals surface area (Å²) in [5.41, 5.74) is 1.07. The fourth-order valence-corrected chi connectivity index (χ4v) is 2.13. The summed E-state index contributed by atoms with van der Waals surface area (Å²) in [6, 6.07) is 5.13. The first kappa shape index (κ1) is 11.5. The lowest BCUT2D eigenvalue weighted by Gasteiger charge is -2.06. The molecule has 1 N–H and O–H groups in total. The van der Waals surface area contributed by atoms with Crippen molar-refractivity contribution in [3.05, 3.63) is 38.3 Å². The minimum Gasteiger partial charge on any atom is -0.312 e. The molecular weight excluding hydrogens is 272 g/mol. The number of nitro groups is 1. The van der Waals surface area contributed by atoms with Gasteiger partial charge in [0.15, 0.2) is 0 Å². The van der Waals surface area contributed by atoms with Gasteiger partial charge in [0.05, 0.1) is 9.40 Å². The normalized spacial score (nSPS) is 15.1. The lowest BCUT2D eigenvalue weighted by atomic mass is 10.2. The van der Waals surface area contributed by atoms with Crippen LogP contribution in [0, 0.1) is 16.0 Å². The number of nitrogens with one attached hydrogen (secondary N) is 1. The van der Waals surface area contributed by atoms with Crippen molar-refractivity contribution in [3.8, 4) is 0 Å². The minimum atomic E-state index is -0.367. The van der Waals surface area contributed by atoms with Crippen LogP contribution in [0.5, 0.6) is 0 Å². The molecule has 0 aliphatic heterocycles. The molecule has 16 heavy (non-hydrogen) atoms. The zero-order valence-corrected chi connectivity index (χ0v) is 10.4. The first-order valence-electron chi connectivity index (χ1n) is 5.31. The van der Waals surface area contributed by atoms with E-state index < -0.39 is 0 Å². The van der Waals surface area contributed by atoms with Gasteiger partial charge in [-0.05, 0) is 46.8 Å². The molecule has 0 unspecified atom stereocenters. The van der Waals surface area contributed by atoms with Gasteiger partial charge in [0.1, 0.15) is 0 Å². The maximum Gasteiger partial charge on any atom is 0.283 e. The third kappa shape index (κ3) is 2.80. The number of nitrogens with zero attached hydrogens (tertiary/aromatic N) is 1. The average molecular weight is 285 g/mol. The summed E-state index contributed by atoms with van der Waals surface area (Å²) in [6.45, 7) is 1.69. The molecule has 2 rings (SSSR count). The lowest BCUT2D eigenvalue weighted by Crippen LogP contribution is -2.16. The Bertz CT molecular complexity index is 405. The number of halogens is 1. The molecule has 0 saturated heterocycles. The monoisotopic (exact) mass is 284 g/mol. The van der Waals surface area contributed by atoms with Gasteiger partial charge in [0, 0.05) is 12.6 Å². The molecule has 1 aromatic rings. The van der Waals surface area contributed by atoms with Crippen molar-refractivity contribution >= 4 is 21.6 Å². The first-order valence-corrected chi connectivity index (χ1v) is 6.10. The fraction of sp³-hybridized carbons (Fsp3) is 0.455. The SMILES string of the molecule is O=[N+]([O-])c1cccc(CNCC2CC2)c1Br. The van der Waals surface area contributed by atoms with Crippen LogP contribution in [0.25, 0.3) is 0 Å². The Balaban J connectivity index is 2.01. The van der Waals surface area contributed by atoms with Crippen LogP contribution in [0.15, 0.2) is 22.7 Å². The van der Waals surface area contributed by atoms with E-state index in [0.717, 1.165) is 18.0 Å². The van der Waals surface area contributed by atoms with Crippen LogP contribution in [-0.2, 0) is 6.54 Å². The van der Waals surface area contributed by atoms with Gasteiger partial charge in [-0.2, -0.15) is 0 Å². The highest BCUT2D eigenvalue weighted by molar-refractivity contribution is 9.10. The van der Waals surface area contributed by atoms with Crippen LogP contribution in [-0.4, -0.2) is 11.5 Å². The molecule has 0 amide bonds. The average Bonchev–Trinajstić information content (AvgIpc) is 3.04. The van der Waals surface area contributed by atoms with Crippen molar-refractivity contribution < 1.29 is 4.92 Å². The molecule has 86 valence electrons.